The Morgan fingerprint density at radius 3 is 2.35 bits per heavy atom. The first kappa shape index (κ1) is 35.9. The molecule has 3 amide bonds. The first-order valence-corrected chi connectivity index (χ1v) is 15.7. The highest BCUT2D eigenvalue weighted by Crippen LogP contribution is 2.35. The molecule has 0 atom stereocenters. The smallest absolute Gasteiger partial charge is 0.416 e. The van der Waals surface area contributed by atoms with Crippen LogP contribution in [0.5, 0.6) is 5.75 Å². The third-order valence-corrected chi connectivity index (χ3v) is 8.24. The second kappa shape index (κ2) is 15.3. The van der Waals surface area contributed by atoms with Gasteiger partial charge < -0.3 is 30.4 Å². The van der Waals surface area contributed by atoms with Crippen LogP contribution in [0.4, 0.5) is 18.9 Å². The van der Waals surface area contributed by atoms with Gasteiger partial charge in [-0.15, -0.1) is 0 Å². The summed E-state index contributed by atoms with van der Waals surface area (Å²) in [5.41, 5.74) is 1.56. The van der Waals surface area contributed by atoms with Crippen LogP contribution in [0.25, 0.3) is 0 Å². The number of nitrogens with zero attached hydrogens (tertiary/aromatic N) is 6. The minimum atomic E-state index is -4.51. The number of hydrogen-bond donors (Lipinski definition) is 3. The number of likely N-dealkylation sites (N-methyl/N-ethyl adjacent to an activating group) is 1. The first-order chi connectivity index (χ1) is 22.7. The Morgan fingerprint density at radius 2 is 1.77 bits per heavy atom. The number of alkyl halides is 3. The number of piperazine rings is 1. The molecule has 2 aromatic rings. The van der Waals surface area contributed by atoms with Gasteiger partial charge in [0.1, 0.15) is 12.0 Å². The predicted molar refractivity (Wildman–Crippen MR) is 174 cm³/mol. The molecule has 0 radical (unpaired) electrons. The van der Waals surface area contributed by atoms with Crippen molar-refractivity contribution in [1.82, 2.24) is 30.0 Å². The monoisotopic (exact) mass is 670 g/mol. The first-order valence-electron chi connectivity index (χ1n) is 15.7. The van der Waals surface area contributed by atoms with Crippen LogP contribution in [0.3, 0.4) is 0 Å². The molecule has 15 heteroatoms. The normalized spacial score (nSPS) is 16.1. The van der Waals surface area contributed by atoms with Crippen LogP contribution in [0.1, 0.15) is 60.4 Å². The van der Waals surface area contributed by atoms with Crippen LogP contribution in [0.2, 0.25) is 0 Å². The lowest BCUT2D eigenvalue weighted by Crippen LogP contribution is -2.51. The molecule has 258 valence electrons. The van der Waals surface area contributed by atoms with Crippen molar-refractivity contribution in [2.45, 2.75) is 53.1 Å². The molecular formula is C33H41F3N8O4. The number of carbonyl (C=O) groups is 3. The molecule has 4 rings (SSSR count). The molecule has 1 saturated carbocycles. The number of amides is 3. The maximum absolute atomic E-state index is 14.0. The van der Waals surface area contributed by atoms with E-state index in [0.29, 0.717) is 18.0 Å². The second-order valence-electron chi connectivity index (χ2n) is 11.7. The molecular weight excluding hydrogens is 629 g/mol. The van der Waals surface area contributed by atoms with Gasteiger partial charge >= 0.3 is 6.18 Å². The highest BCUT2D eigenvalue weighted by Gasteiger charge is 2.33. The van der Waals surface area contributed by atoms with E-state index in [9.17, 15) is 32.7 Å². The summed E-state index contributed by atoms with van der Waals surface area (Å²) in [4.78, 5) is 57.2. The lowest BCUT2D eigenvalue weighted by atomic mass is 10.1. The van der Waals surface area contributed by atoms with Crippen LogP contribution in [0, 0.1) is 19.8 Å². The number of aromatic hydroxyl groups is 1. The number of anilines is 1. The van der Waals surface area contributed by atoms with Crippen molar-refractivity contribution in [3.05, 3.63) is 70.2 Å². The van der Waals surface area contributed by atoms with Gasteiger partial charge in [-0.2, -0.15) is 13.2 Å². The number of hydrogen-bond acceptors (Lipinski definition) is 8. The van der Waals surface area contributed by atoms with E-state index in [1.165, 1.54) is 36.2 Å². The maximum Gasteiger partial charge on any atom is 0.416 e. The van der Waals surface area contributed by atoms with Crippen molar-refractivity contribution in [1.29, 1.82) is 0 Å². The summed E-state index contributed by atoms with van der Waals surface area (Å²) >= 11 is 0. The summed E-state index contributed by atoms with van der Waals surface area (Å²) in [6, 6.07) is 3.02. The van der Waals surface area contributed by atoms with E-state index in [4.69, 9.17) is 0 Å². The Hall–Kier alpha value is -4.95. The van der Waals surface area contributed by atoms with E-state index in [1.54, 1.807) is 13.3 Å². The van der Waals surface area contributed by atoms with Crippen LogP contribution < -0.4 is 10.6 Å². The minimum Gasteiger partial charge on any atom is -0.504 e. The molecule has 0 spiro atoms. The lowest BCUT2D eigenvalue weighted by molar-refractivity contribution is -0.137. The van der Waals surface area contributed by atoms with Gasteiger partial charge in [-0.05, 0) is 69.7 Å². The molecule has 0 bridgehead atoms. The Balaban J connectivity index is 1.53. The molecule has 1 aromatic carbocycles. The Kier molecular flexibility index (Phi) is 11.4. The van der Waals surface area contributed by atoms with E-state index in [0.717, 1.165) is 30.7 Å². The molecule has 1 aliphatic heterocycles. The Bertz CT molecular complexity index is 1630. The number of carbonyl (C=O) groups excluding carboxylic acids is 3. The summed E-state index contributed by atoms with van der Waals surface area (Å²) in [5.74, 6) is -1.36. The van der Waals surface area contributed by atoms with E-state index in [-0.39, 0.29) is 66.8 Å². The van der Waals surface area contributed by atoms with Crippen molar-refractivity contribution in [2.75, 3.05) is 45.1 Å². The van der Waals surface area contributed by atoms with E-state index in [2.05, 4.69) is 25.6 Å². The van der Waals surface area contributed by atoms with Crippen molar-refractivity contribution in [3.63, 3.8) is 0 Å². The minimum absolute atomic E-state index is 0.0998. The SMILES string of the molecule is CC=C(NC=N/C(CC)=C(\C(=O)N(C)CC(=O)Nc1ccc(C(F)(F)F)cc1C)N1CCN(C(=O)c2ncnc(C)c2O)CC1)C1CC1. The molecule has 12 nitrogen and oxygen atoms in total. The number of rotatable bonds is 11. The largest absolute Gasteiger partial charge is 0.504 e. The van der Waals surface area contributed by atoms with Gasteiger partial charge in [-0.25, -0.2) is 15.0 Å². The number of aromatic nitrogens is 2. The van der Waals surface area contributed by atoms with E-state index < -0.39 is 29.5 Å². The topological polar surface area (TPSA) is 143 Å². The summed E-state index contributed by atoms with van der Waals surface area (Å²) in [6.45, 7) is 7.41. The Morgan fingerprint density at radius 1 is 1.10 bits per heavy atom. The summed E-state index contributed by atoms with van der Waals surface area (Å²) in [6.07, 6.45) is 2.81. The number of aryl methyl sites for hydroxylation is 2. The van der Waals surface area contributed by atoms with Crippen molar-refractivity contribution < 1.29 is 32.7 Å². The van der Waals surface area contributed by atoms with Gasteiger partial charge in [0.2, 0.25) is 5.91 Å². The molecule has 48 heavy (non-hydrogen) atoms. The molecule has 2 aliphatic rings. The molecule has 1 aliphatic carbocycles. The van der Waals surface area contributed by atoms with Gasteiger partial charge in [0.05, 0.1) is 29.8 Å². The van der Waals surface area contributed by atoms with Crippen LogP contribution >= 0.6 is 0 Å². The maximum atomic E-state index is 14.0. The average Bonchev–Trinajstić information content (AvgIpc) is 3.89. The van der Waals surface area contributed by atoms with E-state index >= 15 is 0 Å². The number of benzene rings is 1. The van der Waals surface area contributed by atoms with Gasteiger partial charge in [-0.1, -0.05) is 13.0 Å². The molecule has 3 N–H and O–H groups in total. The van der Waals surface area contributed by atoms with Crippen LogP contribution in [-0.4, -0.2) is 93.6 Å². The fourth-order valence-corrected chi connectivity index (χ4v) is 5.32. The number of allylic oxidation sites excluding steroid dienone is 3. The number of nitrogens with one attached hydrogen (secondary N) is 2. The summed E-state index contributed by atoms with van der Waals surface area (Å²) < 4.78 is 39.3. The Labute approximate surface area is 277 Å². The van der Waals surface area contributed by atoms with Gasteiger partial charge in [-0.3, -0.25) is 14.4 Å². The van der Waals surface area contributed by atoms with Gasteiger partial charge in [0.25, 0.3) is 11.8 Å². The van der Waals surface area contributed by atoms with Crippen LogP contribution in [0.15, 0.2) is 52.7 Å². The van der Waals surface area contributed by atoms with Crippen molar-refractivity contribution in [2.24, 2.45) is 10.9 Å². The fourth-order valence-electron chi connectivity index (χ4n) is 5.32. The molecule has 2 heterocycles. The third-order valence-electron chi connectivity index (χ3n) is 8.24. The summed E-state index contributed by atoms with van der Waals surface area (Å²) in [5, 5.41) is 16.2. The van der Waals surface area contributed by atoms with E-state index in [1.807, 2.05) is 24.8 Å². The zero-order valence-corrected chi connectivity index (χ0v) is 27.7. The molecule has 1 aromatic heterocycles. The standard InChI is InChI=1S/C33H41F3N8O4/c1-6-24(22-8-9-22)38-19-39-25(7-2)29(43-12-14-44(15-13-43)31(47)28-30(46)21(4)37-18-40-28)32(48)42(5)17-27(45)41-26-11-10-23(16-20(26)3)33(34,35)36/h6,10-11,16,18-19,22,46H,7-9,12-15,17H2,1-5H3,(H,38,39)(H,41,45)/b24-6?,29-25+. The van der Waals surface area contributed by atoms with Crippen molar-refractivity contribution in [3.8, 4) is 5.75 Å². The molecule has 1 saturated heterocycles. The highest BCUT2D eigenvalue weighted by molar-refractivity contribution is 5.99. The van der Waals surface area contributed by atoms with Gasteiger partial charge in [0, 0.05) is 44.6 Å². The van der Waals surface area contributed by atoms with Crippen molar-refractivity contribution >= 4 is 29.7 Å². The fraction of sp³-hybridized carbons (Fsp3) is 0.455. The van der Waals surface area contributed by atoms with Gasteiger partial charge in [0.15, 0.2) is 11.4 Å². The molecule has 2 fully saturated rings. The average molecular weight is 671 g/mol. The summed E-state index contributed by atoms with van der Waals surface area (Å²) in [7, 11) is 1.46. The molecule has 0 unspecified atom stereocenters. The number of aliphatic imine (C=N–C) groups is 1. The third kappa shape index (κ3) is 8.69. The number of halogens is 3. The van der Waals surface area contributed by atoms with Crippen LogP contribution in [-0.2, 0) is 15.8 Å². The predicted octanol–water partition coefficient (Wildman–Crippen LogP) is 4.23. The zero-order chi connectivity index (χ0) is 35.2. The highest BCUT2D eigenvalue weighted by atomic mass is 19.4. The quantitative estimate of drug-likeness (QED) is 0.183. The lowest BCUT2D eigenvalue weighted by Gasteiger charge is -2.38. The second-order valence-corrected chi connectivity index (χ2v) is 11.7. The zero-order valence-electron chi connectivity index (χ0n) is 27.7.